The molecule has 0 amide bonds. The van der Waals surface area contributed by atoms with Crippen molar-refractivity contribution in [1.82, 2.24) is 0 Å². The summed E-state index contributed by atoms with van der Waals surface area (Å²) in [6.07, 6.45) is 1.24. The molecule has 0 saturated heterocycles. The second-order valence-electron chi connectivity index (χ2n) is 7.55. The fourth-order valence-electron chi connectivity index (χ4n) is 3.62. The zero-order chi connectivity index (χ0) is 20.8. The van der Waals surface area contributed by atoms with Gasteiger partial charge in [-0.3, -0.25) is 14.4 Å². The van der Waals surface area contributed by atoms with Gasteiger partial charge < -0.3 is 9.52 Å². The topological polar surface area (TPSA) is 102 Å². The Hall–Kier alpha value is -3.28. The Morgan fingerprint density at radius 1 is 1.04 bits per heavy atom. The summed E-state index contributed by atoms with van der Waals surface area (Å²) in [6, 6.07) is 7.67. The first-order valence-electron chi connectivity index (χ1n) is 8.79. The monoisotopic (exact) mass is 380 g/mol. The quantitative estimate of drug-likeness (QED) is 0.644. The van der Waals surface area contributed by atoms with Gasteiger partial charge in [0, 0.05) is 33.6 Å². The number of hydrogen-bond donors (Lipinski definition) is 1. The molecule has 6 heteroatoms. The number of carboxylic acid groups (broad SMARTS) is 1. The molecule has 3 rings (SSSR count). The molecular formula is C22H20O6. The zero-order valence-electron chi connectivity index (χ0n) is 16.0. The Morgan fingerprint density at radius 3 is 2.32 bits per heavy atom. The van der Waals surface area contributed by atoms with E-state index in [0.29, 0.717) is 22.1 Å². The van der Waals surface area contributed by atoms with Crippen LogP contribution in [0, 0.1) is 5.41 Å². The molecular weight excluding hydrogens is 360 g/mol. The number of carbonyl (C=O) groups is 3. The van der Waals surface area contributed by atoms with Crippen molar-refractivity contribution in [3.05, 3.63) is 69.1 Å². The standard InChI is InChI=1S/C22H20O6/c1-11-12(2)20(25)15(10-16(11)23)22(3,4)19(21(26)27)14-6-5-13-7-8-18(24)28-17(13)9-14/h5-10,19H,1-4H3,(H,26,27). The number of fused-ring (bicyclic) bond motifs is 1. The number of allylic oxidation sites excluding steroid dienone is 4. The summed E-state index contributed by atoms with van der Waals surface area (Å²) >= 11 is 0. The molecule has 0 aliphatic heterocycles. The van der Waals surface area contributed by atoms with Crippen LogP contribution >= 0.6 is 0 Å². The van der Waals surface area contributed by atoms with Crippen LogP contribution in [-0.4, -0.2) is 22.6 Å². The lowest BCUT2D eigenvalue weighted by molar-refractivity contribution is -0.141. The maximum Gasteiger partial charge on any atom is 0.336 e. The number of rotatable bonds is 4. The molecule has 0 radical (unpaired) electrons. The van der Waals surface area contributed by atoms with Crippen LogP contribution in [0.5, 0.6) is 0 Å². The van der Waals surface area contributed by atoms with Crippen LogP contribution in [0.2, 0.25) is 0 Å². The molecule has 0 saturated carbocycles. The van der Waals surface area contributed by atoms with Crippen LogP contribution in [-0.2, 0) is 14.4 Å². The minimum absolute atomic E-state index is 0.155. The smallest absolute Gasteiger partial charge is 0.336 e. The highest BCUT2D eigenvalue weighted by Gasteiger charge is 2.44. The van der Waals surface area contributed by atoms with Gasteiger partial charge in [0.15, 0.2) is 11.6 Å². The van der Waals surface area contributed by atoms with E-state index < -0.39 is 22.9 Å². The van der Waals surface area contributed by atoms with Crippen molar-refractivity contribution in [2.24, 2.45) is 5.41 Å². The average Bonchev–Trinajstić information content (AvgIpc) is 2.62. The van der Waals surface area contributed by atoms with E-state index in [1.165, 1.54) is 18.2 Å². The largest absolute Gasteiger partial charge is 0.481 e. The zero-order valence-corrected chi connectivity index (χ0v) is 16.0. The lowest BCUT2D eigenvalue weighted by atomic mass is 9.66. The second kappa shape index (κ2) is 6.71. The predicted molar refractivity (Wildman–Crippen MR) is 103 cm³/mol. The van der Waals surface area contributed by atoms with Crippen LogP contribution in [0.4, 0.5) is 0 Å². The van der Waals surface area contributed by atoms with Crippen LogP contribution in [0.25, 0.3) is 11.0 Å². The summed E-state index contributed by atoms with van der Waals surface area (Å²) in [6.45, 7) is 6.40. The number of aliphatic carboxylic acids is 1. The van der Waals surface area contributed by atoms with Crippen molar-refractivity contribution in [1.29, 1.82) is 0 Å². The van der Waals surface area contributed by atoms with E-state index in [2.05, 4.69) is 0 Å². The van der Waals surface area contributed by atoms with E-state index in [-0.39, 0.29) is 22.7 Å². The number of benzene rings is 1. The molecule has 1 aromatic heterocycles. The normalized spacial score (nSPS) is 16.4. The molecule has 0 bridgehead atoms. The third-order valence-electron chi connectivity index (χ3n) is 5.44. The molecule has 28 heavy (non-hydrogen) atoms. The second-order valence-corrected chi connectivity index (χ2v) is 7.55. The van der Waals surface area contributed by atoms with E-state index in [1.54, 1.807) is 45.9 Å². The summed E-state index contributed by atoms with van der Waals surface area (Å²) in [5, 5.41) is 10.6. The summed E-state index contributed by atoms with van der Waals surface area (Å²) in [5.41, 5.74) is -0.231. The Labute approximate surface area is 161 Å². The van der Waals surface area contributed by atoms with Crippen LogP contribution < -0.4 is 5.63 Å². The van der Waals surface area contributed by atoms with Crippen LogP contribution in [0.15, 0.2) is 62.3 Å². The third kappa shape index (κ3) is 3.11. The SMILES string of the molecule is CC1=C(C)C(=O)C(C(C)(C)C(C(=O)O)c2ccc3ccc(=O)oc3c2)=CC1=O. The highest BCUT2D eigenvalue weighted by atomic mass is 16.4. The fourth-order valence-corrected chi connectivity index (χ4v) is 3.62. The fraction of sp³-hybridized carbons (Fsp3) is 0.273. The molecule has 1 N–H and O–H groups in total. The van der Waals surface area contributed by atoms with Crippen molar-refractivity contribution in [3.8, 4) is 0 Å². The first kappa shape index (κ1) is 19.5. The van der Waals surface area contributed by atoms with Gasteiger partial charge in [-0.1, -0.05) is 26.0 Å². The van der Waals surface area contributed by atoms with Gasteiger partial charge in [-0.15, -0.1) is 0 Å². The van der Waals surface area contributed by atoms with Gasteiger partial charge in [0.1, 0.15) is 5.58 Å². The summed E-state index contributed by atoms with van der Waals surface area (Å²) in [5.74, 6) is -2.90. The Bertz CT molecular complexity index is 1140. The molecule has 0 spiro atoms. The van der Waals surface area contributed by atoms with Gasteiger partial charge in [-0.25, -0.2) is 4.79 Å². The van der Waals surface area contributed by atoms with Crippen molar-refractivity contribution in [3.63, 3.8) is 0 Å². The van der Waals surface area contributed by atoms with Crippen LogP contribution in [0.1, 0.15) is 39.2 Å². The average molecular weight is 380 g/mol. The summed E-state index contributed by atoms with van der Waals surface area (Å²) < 4.78 is 5.17. The molecule has 144 valence electrons. The number of Topliss-reactive ketones (excluding diaryl/α,β-unsaturated/α-hetero) is 1. The van der Waals surface area contributed by atoms with E-state index in [9.17, 15) is 24.3 Å². The van der Waals surface area contributed by atoms with Crippen molar-refractivity contribution in [2.75, 3.05) is 0 Å². The maximum atomic E-state index is 12.8. The van der Waals surface area contributed by atoms with Crippen molar-refractivity contribution >= 4 is 28.5 Å². The lowest BCUT2D eigenvalue weighted by Gasteiger charge is -2.35. The predicted octanol–water partition coefficient (Wildman–Crippen LogP) is 3.40. The van der Waals surface area contributed by atoms with Gasteiger partial charge in [0.05, 0.1) is 5.92 Å². The van der Waals surface area contributed by atoms with Gasteiger partial charge >= 0.3 is 11.6 Å². The van der Waals surface area contributed by atoms with E-state index in [4.69, 9.17) is 4.42 Å². The summed E-state index contributed by atoms with van der Waals surface area (Å²) in [4.78, 5) is 48.8. The number of carbonyl (C=O) groups excluding carboxylic acids is 2. The Kier molecular flexibility index (Phi) is 4.67. The minimum Gasteiger partial charge on any atom is -0.481 e. The maximum absolute atomic E-state index is 12.8. The number of carboxylic acids is 1. The van der Waals surface area contributed by atoms with Gasteiger partial charge in [0.25, 0.3) is 0 Å². The summed E-state index contributed by atoms with van der Waals surface area (Å²) in [7, 11) is 0. The lowest BCUT2D eigenvalue weighted by Crippen LogP contribution is -2.36. The van der Waals surface area contributed by atoms with E-state index in [1.807, 2.05) is 0 Å². The molecule has 1 heterocycles. The highest BCUT2D eigenvalue weighted by molar-refractivity contribution is 6.23. The molecule has 2 aromatic rings. The van der Waals surface area contributed by atoms with E-state index in [0.717, 1.165) is 0 Å². The highest BCUT2D eigenvalue weighted by Crippen LogP contribution is 2.44. The van der Waals surface area contributed by atoms with Crippen LogP contribution in [0.3, 0.4) is 0 Å². The van der Waals surface area contributed by atoms with Gasteiger partial charge in [-0.2, -0.15) is 0 Å². The Morgan fingerprint density at radius 2 is 1.68 bits per heavy atom. The first-order valence-corrected chi connectivity index (χ1v) is 8.79. The molecule has 1 aliphatic rings. The van der Waals surface area contributed by atoms with Crippen molar-refractivity contribution in [2.45, 2.75) is 33.6 Å². The molecule has 1 aromatic carbocycles. The Balaban J connectivity index is 2.16. The molecule has 1 atom stereocenters. The van der Waals surface area contributed by atoms with E-state index >= 15 is 0 Å². The molecule has 1 aliphatic carbocycles. The van der Waals surface area contributed by atoms with Gasteiger partial charge in [-0.05, 0) is 37.6 Å². The minimum atomic E-state index is -1.18. The molecule has 1 unspecified atom stereocenters. The van der Waals surface area contributed by atoms with Crippen molar-refractivity contribution < 1.29 is 23.9 Å². The number of ketones is 2. The first-order chi connectivity index (χ1) is 13.0. The molecule has 6 nitrogen and oxygen atoms in total. The van der Waals surface area contributed by atoms with Gasteiger partial charge in [0.2, 0.25) is 0 Å². The number of hydrogen-bond acceptors (Lipinski definition) is 5. The molecule has 0 fully saturated rings. The third-order valence-corrected chi connectivity index (χ3v) is 5.44.